The van der Waals surface area contributed by atoms with Gasteiger partial charge in [0.1, 0.15) is 0 Å². The Labute approximate surface area is 208 Å². The molecule has 0 aromatic heterocycles. The summed E-state index contributed by atoms with van der Waals surface area (Å²) in [5.74, 6) is 0. The van der Waals surface area contributed by atoms with Crippen molar-refractivity contribution in [1.29, 1.82) is 0 Å². The van der Waals surface area contributed by atoms with E-state index in [1.807, 2.05) is 0 Å². The van der Waals surface area contributed by atoms with Crippen molar-refractivity contribution in [3.8, 4) is 22.3 Å². The average Bonchev–Trinajstić information content (AvgIpc) is 3.12. The topological polar surface area (TPSA) is 3.24 Å². The predicted molar refractivity (Wildman–Crippen MR) is 149 cm³/mol. The number of anilines is 3. The Balaban J connectivity index is 1.53. The molecule has 0 fully saturated rings. The quantitative estimate of drug-likeness (QED) is 0.263. The van der Waals surface area contributed by atoms with Crippen molar-refractivity contribution >= 4 is 17.1 Å². The number of nitrogens with zero attached hydrogens (tertiary/aromatic N) is 1. The molecular formula is C34H29N. The van der Waals surface area contributed by atoms with Gasteiger partial charge in [-0.05, 0) is 82.3 Å². The molecule has 35 heavy (non-hydrogen) atoms. The number of rotatable bonds is 4. The Kier molecular flexibility index (Phi) is 5.07. The van der Waals surface area contributed by atoms with Crippen molar-refractivity contribution in [3.05, 3.63) is 138 Å². The molecule has 0 atom stereocenters. The largest absolute Gasteiger partial charge is 0.310 e. The summed E-state index contributed by atoms with van der Waals surface area (Å²) in [6.45, 7) is 6.84. The zero-order valence-electron chi connectivity index (χ0n) is 20.5. The molecule has 0 N–H and O–H groups in total. The second kappa shape index (κ2) is 8.29. The molecule has 0 aliphatic heterocycles. The third-order valence-electron chi connectivity index (χ3n) is 7.30. The molecule has 5 aromatic carbocycles. The van der Waals surface area contributed by atoms with Crippen LogP contribution in [0.2, 0.25) is 0 Å². The van der Waals surface area contributed by atoms with E-state index in [1.54, 1.807) is 0 Å². The van der Waals surface area contributed by atoms with Crippen LogP contribution in [0, 0.1) is 6.92 Å². The summed E-state index contributed by atoms with van der Waals surface area (Å²) in [5.41, 5.74) is 12.7. The van der Waals surface area contributed by atoms with E-state index in [-0.39, 0.29) is 5.41 Å². The van der Waals surface area contributed by atoms with Gasteiger partial charge in [-0.15, -0.1) is 0 Å². The van der Waals surface area contributed by atoms with Gasteiger partial charge in [0.25, 0.3) is 0 Å². The highest BCUT2D eigenvalue weighted by Gasteiger charge is 2.35. The van der Waals surface area contributed by atoms with Gasteiger partial charge >= 0.3 is 0 Å². The minimum absolute atomic E-state index is 0.0356. The minimum Gasteiger partial charge on any atom is -0.310 e. The molecule has 170 valence electrons. The van der Waals surface area contributed by atoms with Crippen LogP contribution in [-0.2, 0) is 5.41 Å². The lowest BCUT2D eigenvalue weighted by Crippen LogP contribution is -2.16. The summed E-state index contributed by atoms with van der Waals surface area (Å²) in [6.07, 6.45) is 0. The van der Waals surface area contributed by atoms with Gasteiger partial charge in [0.15, 0.2) is 0 Å². The van der Waals surface area contributed by atoms with Gasteiger partial charge in [-0.3, -0.25) is 0 Å². The second-order valence-corrected chi connectivity index (χ2v) is 9.99. The van der Waals surface area contributed by atoms with Crippen LogP contribution in [-0.4, -0.2) is 0 Å². The summed E-state index contributed by atoms with van der Waals surface area (Å²) in [4.78, 5) is 2.39. The molecule has 0 saturated heterocycles. The summed E-state index contributed by atoms with van der Waals surface area (Å²) < 4.78 is 0. The van der Waals surface area contributed by atoms with Crippen molar-refractivity contribution in [3.63, 3.8) is 0 Å². The molecule has 0 heterocycles. The van der Waals surface area contributed by atoms with E-state index >= 15 is 0 Å². The number of fused-ring (bicyclic) bond motifs is 3. The minimum atomic E-state index is -0.0356. The molecule has 0 amide bonds. The molecule has 0 saturated carbocycles. The second-order valence-electron chi connectivity index (χ2n) is 9.99. The first-order valence-corrected chi connectivity index (χ1v) is 12.3. The molecule has 1 heteroatoms. The highest BCUT2D eigenvalue weighted by atomic mass is 15.1. The average molecular weight is 452 g/mol. The zero-order valence-corrected chi connectivity index (χ0v) is 20.5. The maximum Gasteiger partial charge on any atom is 0.0467 e. The molecule has 5 aromatic rings. The van der Waals surface area contributed by atoms with E-state index in [2.05, 4.69) is 147 Å². The molecular weight excluding hydrogens is 422 g/mol. The van der Waals surface area contributed by atoms with Crippen LogP contribution >= 0.6 is 0 Å². The van der Waals surface area contributed by atoms with Crippen LogP contribution in [0.4, 0.5) is 17.1 Å². The van der Waals surface area contributed by atoms with Crippen molar-refractivity contribution < 1.29 is 0 Å². The van der Waals surface area contributed by atoms with Crippen LogP contribution in [0.15, 0.2) is 121 Å². The van der Waals surface area contributed by atoms with Crippen molar-refractivity contribution in [2.75, 3.05) is 4.90 Å². The summed E-state index contributed by atoms with van der Waals surface area (Å²) >= 11 is 0. The first-order valence-electron chi connectivity index (χ1n) is 12.3. The highest BCUT2D eigenvalue weighted by molar-refractivity contribution is 5.86. The van der Waals surface area contributed by atoms with E-state index in [9.17, 15) is 0 Å². The Hall–Kier alpha value is -4.10. The fourth-order valence-electron chi connectivity index (χ4n) is 5.50. The van der Waals surface area contributed by atoms with Crippen LogP contribution in [0.5, 0.6) is 0 Å². The van der Waals surface area contributed by atoms with E-state index in [1.165, 1.54) is 50.3 Å². The Morgan fingerprint density at radius 2 is 1.11 bits per heavy atom. The fraction of sp³-hybridized carbons (Fsp3) is 0.118. The smallest absolute Gasteiger partial charge is 0.0467 e. The molecule has 0 unspecified atom stereocenters. The first-order chi connectivity index (χ1) is 17.0. The molecule has 1 aliphatic carbocycles. The van der Waals surface area contributed by atoms with Crippen molar-refractivity contribution in [2.45, 2.75) is 26.2 Å². The third kappa shape index (κ3) is 3.65. The molecule has 0 radical (unpaired) electrons. The van der Waals surface area contributed by atoms with E-state index in [0.717, 1.165) is 5.69 Å². The van der Waals surface area contributed by atoms with Gasteiger partial charge in [0.2, 0.25) is 0 Å². The summed E-state index contributed by atoms with van der Waals surface area (Å²) in [5, 5.41) is 0. The Bertz CT molecular complexity index is 1530. The van der Waals surface area contributed by atoms with Gasteiger partial charge in [0, 0.05) is 22.5 Å². The van der Waals surface area contributed by atoms with Crippen molar-refractivity contribution in [1.82, 2.24) is 0 Å². The first kappa shape index (κ1) is 21.4. The molecule has 1 aliphatic rings. The lowest BCUT2D eigenvalue weighted by Gasteiger charge is -2.28. The number of aryl methyl sites for hydroxylation is 1. The van der Waals surface area contributed by atoms with Crippen LogP contribution in [0.25, 0.3) is 22.3 Å². The SMILES string of the molecule is Cc1cccc(N(c2cccc(-c3ccccc3)c2)c2ccc3c(c2)C(C)(C)c2ccccc2-3)c1. The third-order valence-corrected chi connectivity index (χ3v) is 7.30. The molecule has 1 nitrogen and oxygen atoms in total. The van der Waals surface area contributed by atoms with Gasteiger partial charge in [-0.2, -0.15) is 0 Å². The van der Waals surface area contributed by atoms with E-state index < -0.39 is 0 Å². The lowest BCUT2D eigenvalue weighted by atomic mass is 9.82. The highest BCUT2D eigenvalue weighted by Crippen LogP contribution is 2.50. The molecule has 0 spiro atoms. The number of benzene rings is 5. The van der Waals surface area contributed by atoms with Gasteiger partial charge in [0.05, 0.1) is 0 Å². The van der Waals surface area contributed by atoms with E-state index in [0.29, 0.717) is 0 Å². The zero-order chi connectivity index (χ0) is 24.0. The van der Waals surface area contributed by atoms with Gasteiger partial charge < -0.3 is 4.90 Å². The summed E-state index contributed by atoms with van der Waals surface area (Å²) in [7, 11) is 0. The van der Waals surface area contributed by atoms with Crippen molar-refractivity contribution in [2.24, 2.45) is 0 Å². The maximum atomic E-state index is 2.40. The number of hydrogen-bond donors (Lipinski definition) is 0. The number of hydrogen-bond acceptors (Lipinski definition) is 1. The van der Waals surface area contributed by atoms with Crippen LogP contribution in [0.3, 0.4) is 0 Å². The Morgan fingerprint density at radius 3 is 1.91 bits per heavy atom. The maximum absolute atomic E-state index is 2.40. The normalized spacial score (nSPS) is 13.2. The standard InChI is InChI=1S/C34H29N/c1-24-11-9-15-27(21-24)35(28-16-10-14-26(22-28)25-12-5-4-6-13-25)29-19-20-31-30-17-7-8-18-32(30)34(2,3)33(31)23-29/h4-23H,1-3H3. The van der Waals surface area contributed by atoms with Gasteiger partial charge in [-0.1, -0.05) is 98.8 Å². The van der Waals surface area contributed by atoms with Crippen LogP contribution in [0.1, 0.15) is 30.5 Å². The fourth-order valence-corrected chi connectivity index (χ4v) is 5.50. The Morgan fingerprint density at radius 1 is 0.486 bits per heavy atom. The van der Waals surface area contributed by atoms with Crippen LogP contribution < -0.4 is 4.90 Å². The lowest BCUT2D eigenvalue weighted by molar-refractivity contribution is 0.660. The molecule has 6 rings (SSSR count). The van der Waals surface area contributed by atoms with Gasteiger partial charge in [-0.25, -0.2) is 0 Å². The predicted octanol–water partition coefficient (Wildman–Crippen LogP) is 9.44. The summed E-state index contributed by atoms with van der Waals surface area (Å²) in [6, 6.07) is 44.0. The monoisotopic (exact) mass is 451 g/mol. The van der Waals surface area contributed by atoms with E-state index in [4.69, 9.17) is 0 Å². The molecule has 0 bridgehead atoms.